The van der Waals surface area contributed by atoms with Crippen LogP contribution in [-0.4, -0.2) is 4.21 Å². The second-order valence-corrected chi connectivity index (χ2v) is 16.2. The molecule has 5 aromatic carbocycles. The number of allylic oxidation sites excluding steroid dienone is 14. The lowest BCUT2D eigenvalue weighted by Crippen LogP contribution is -2.28. The third kappa shape index (κ3) is 4.55. The predicted molar refractivity (Wildman–Crippen MR) is 232 cm³/mol. The fourth-order valence-electron chi connectivity index (χ4n) is 10.1. The molecule has 266 valence electrons. The highest BCUT2D eigenvalue weighted by Gasteiger charge is 2.53. The second-order valence-electron chi connectivity index (χ2n) is 14.7. The van der Waals surface area contributed by atoms with Gasteiger partial charge in [0, 0.05) is 9.80 Å². The van der Waals surface area contributed by atoms with Crippen molar-refractivity contribution in [1.29, 1.82) is 0 Å². The van der Waals surface area contributed by atoms with Crippen LogP contribution in [0.4, 0.5) is 0 Å². The molecule has 2 heteroatoms. The quantitative estimate of drug-likeness (QED) is 0.146. The standard InChI is InChI=1S/C53H42OS/c1-7-10-24-44-34(4)35(5)50(52(44)46-26-16-12-20-40(46)41-21-13-17-27-47(41)52)32-37(9-3)55(54)38-30-31-39-36(6)45(25-11-8-2)53(51(39)33-38)48-28-18-14-22-42(48)43-23-15-19-29-49(43)53/h7-33H,1-3H2,4-6H3/b24-10-,25-11-,37-32+. The highest BCUT2D eigenvalue weighted by molar-refractivity contribution is 7.89. The van der Waals surface area contributed by atoms with E-state index in [9.17, 15) is 0 Å². The summed E-state index contributed by atoms with van der Waals surface area (Å²) in [5.41, 5.74) is 18.2. The molecular weight excluding hydrogens is 685 g/mol. The van der Waals surface area contributed by atoms with Gasteiger partial charge in [-0.2, -0.15) is 0 Å². The van der Waals surface area contributed by atoms with Crippen molar-refractivity contribution in [1.82, 2.24) is 0 Å². The maximum Gasteiger partial charge on any atom is 0.0849 e. The molecule has 0 aliphatic heterocycles. The van der Waals surface area contributed by atoms with Crippen LogP contribution in [0, 0.1) is 0 Å². The van der Waals surface area contributed by atoms with Crippen LogP contribution in [-0.2, 0) is 21.6 Å². The van der Waals surface area contributed by atoms with Gasteiger partial charge in [-0.15, -0.1) is 0 Å². The van der Waals surface area contributed by atoms with Crippen molar-refractivity contribution in [2.45, 2.75) is 36.5 Å². The van der Waals surface area contributed by atoms with E-state index in [1.165, 1.54) is 77.9 Å². The third-order valence-electron chi connectivity index (χ3n) is 12.4. The summed E-state index contributed by atoms with van der Waals surface area (Å²) < 4.78 is 15.2. The summed E-state index contributed by atoms with van der Waals surface area (Å²) in [6, 6.07) is 41.4. The first kappa shape index (κ1) is 34.7. The zero-order valence-electron chi connectivity index (χ0n) is 31.5. The molecule has 4 aliphatic carbocycles. The Morgan fingerprint density at radius 3 is 1.42 bits per heavy atom. The minimum atomic E-state index is -1.54. The first-order valence-electron chi connectivity index (χ1n) is 18.9. The lowest BCUT2D eigenvalue weighted by molar-refractivity contribution is 0.686. The SMILES string of the molecule is C=C/C=C\C1=C(C)C(C)=C(/C=C(\C=C)S(=O)c2ccc3c(c2)C2(C(/C=C\C=C)=C3C)c3ccccc3-c3ccccc32)C12c1ccccc1-c1ccccc12. The van der Waals surface area contributed by atoms with Crippen LogP contribution in [0.15, 0.2) is 221 Å². The van der Waals surface area contributed by atoms with Crippen molar-refractivity contribution < 1.29 is 4.21 Å². The van der Waals surface area contributed by atoms with E-state index in [1.54, 1.807) is 6.08 Å². The molecule has 0 radical (unpaired) electrons. The molecule has 2 spiro atoms. The highest BCUT2D eigenvalue weighted by atomic mass is 32.2. The minimum absolute atomic E-state index is 0.552. The summed E-state index contributed by atoms with van der Waals surface area (Å²) in [4.78, 5) is 1.43. The lowest BCUT2D eigenvalue weighted by Gasteiger charge is -2.33. The molecule has 1 nitrogen and oxygen atoms in total. The molecule has 0 fully saturated rings. The Balaban J connectivity index is 1.24. The number of hydrogen-bond acceptors (Lipinski definition) is 1. The van der Waals surface area contributed by atoms with Crippen LogP contribution in [0.5, 0.6) is 0 Å². The Labute approximate surface area is 327 Å². The molecule has 0 amide bonds. The van der Waals surface area contributed by atoms with Gasteiger partial charge in [-0.05, 0) is 128 Å². The molecular formula is C53H42OS. The Morgan fingerprint density at radius 1 is 0.509 bits per heavy atom. The average Bonchev–Trinajstić information content (AvgIpc) is 3.85. The zero-order chi connectivity index (χ0) is 38.1. The largest absolute Gasteiger partial charge is 0.249 e. The molecule has 4 aliphatic rings. The summed E-state index contributed by atoms with van der Waals surface area (Å²) in [5.74, 6) is 0. The first-order valence-corrected chi connectivity index (χ1v) is 20.0. The van der Waals surface area contributed by atoms with E-state index in [0.29, 0.717) is 4.91 Å². The van der Waals surface area contributed by atoms with Crippen molar-refractivity contribution in [2.75, 3.05) is 0 Å². The van der Waals surface area contributed by atoms with Gasteiger partial charge in [0.05, 0.1) is 21.6 Å². The van der Waals surface area contributed by atoms with Crippen LogP contribution in [0.3, 0.4) is 0 Å². The summed E-state index contributed by atoms with van der Waals surface area (Å²) in [6.45, 7) is 18.9. The van der Waals surface area contributed by atoms with Crippen LogP contribution < -0.4 is 0 Å². The minimum Gasteiger partial charge on any atom is -0.249 e. The molecule has 0 N–H and O–H groups in total. The smallest absolute Gasteiger partial charge is 0.0849 e. The fraction of sp³-hybridized carbons (Fsp3) is 0.0943. The summed E-state index contributed by atoms with van der Waals surface area (Å²) in [5, 5.41) is 0. The van der Waals surface area contributed by atoms with Crippen molar-refractivity contribution in [3.05, 3.63) is 250 Å². The number of rotatable bonds is 8. The second kappa shape index (κ2) is 13.0. The van der Waals surface area contributed by atoms with Gasteiger partial charge in [0.25, 0.3) is 0 Å². The molecule has 0 heterocycles. The van der Waals surface area contributed by atoms with Crippen LogP contribution in [0.2, 0.25) is 0 Å². The molecule has 9 rings (SSSR count). The third-order valence-corrected chi connectivity index (χ3v) is 13.8. The van der Waals surface area contributed by atoms with Gasteiger partial charge in [-0.3, -0.25) is 0 Å². The summed E-state index contributed by atoms with van der Waals surface area (Å²) >= 11 is 0. The van der Waals surface area contributed by atoms with Gasteiger partial charge in [0.1, 0.15) is 0 Å². The summed E-state index contributed by atoms with van der Waals surface area (Å²) in [7, 11) is -1.54. The van der Waals surface area contributed by atoms with E-state index >= 15 is 4.21 Å². The lowest BCUT2D eigenvalue weighted by atomic mass is 9.68. The molecule has 1 atom stereocenters. The van der Waals surface area contributed by atoms with Gasteiger partial charge in [-0.25, -0.2) is 4.21 Å². The number of hydrogen-bond donors (Lipinski definition) is 0. The van der Waals surface area contributed by atoms with E-state index < -0.39 is 21.6 Å². The first-order chi connectivity index (χ1) is 26.8. The van der Waals surface area contributed by atoms with Crippen LogP contribution in [0.1, 0.15) is 54.2 Å². The molecule has 1 unspecified atom stereocenters. The van der Waals surface area contributed by atoms with E-state index in [0.717, 1.165) is 16.0 Å². The van der Waals surface area contributed by atoms with Crippen molar-refractivity contribution in [3.63, 3.8) is 0 Å². The van der Waals surface area contributed by atoms with Crippen molar-refractivity contribution in [2.24, 2.45) is 0 Å². The summed E-state index contributed by atoms with van der Waals surface area (Å²) in [6.07, 6.45) is 16.1. The molecule has 5 aromatic rings. The molecule has 0 bridgehead atoms. The zero-order valence-corrected chi connectivity index (χ0v) is 32.3. The van der Waals surface area contributed by atoms with E-state index in [-0.39, 0.29) is 0 Å². The van der Waals surface area contributed by atoms with Gasteiger partial charge in [0.15, 0.2) is 0 Å². The van der Waals surface area contributed by atoms with Gasteiger partial charge < -0.3 is 0 Å². The Kier molecular flexibility index (Phi) is 8.22. The maximum absolute atomic E-state index is 15.2. The fourth-order valence-corrected chi connectivity index (χ4v) is 11.2. The predicted octanol–water partition coefficient (Wildman–Crippen LogP) is 13.1. The maximum atomic E-state index is 15.2. The monoisotopic (exact) mass is 726 g/mol. The van der Waals surface area contributed by atoms with Gasteiger partial charge in [0.2, 0.25) is 0 Å². The highest BCUT2D eigenvalue weighted by Crippen LogP contribution is 2.63. The number of benzene rings is 5. The molecule has 0 aromatic heterocycles. The van der Waals surface area contributed by atoms with Crippen LogP contribution in [0.25, 0.3) is 27.8 Å². The van der Waals surface area contributed by atoms with E-state index in [4.69, 9.17) is 0 Å². The average molecular weight is 727 g/mol. The van der Waals surface area contributed by atoms with Crippen molar-refractivity contribution >= 4 is 16.4 Å². The van der Waals surface area contributed by atoms with Crippen molar-refractivity contribution in [3.8, 4) is 22.3 Å². The number of fused-ring (bicyclic) bond motifs is 12. The van der Waals surface area contributed by atoms with Gasteiger partial charge >= 0.3 is 0 Å². The Morgan fingerprint density at radius 2 is 0.945 bits per heavy atom. The van der Waals surface area contributed by atoms with Crippen LogP contribution >= 0.6 is 0 Å². The Bertz CT molecular complexity index is 2660. The molecule has 0 saturated carbocycles. The van der Waals surface area contributed by atoms with E-state index in [1.807, 2.05) is 30.4 Å². The van der Waals surface area contributed by atoms with Gasteiger partial charge in [-0.1, -0.05) is 165 Å². The normalized spacial score (nSPS) is 17.6. The Hall–Kier alpha value is -6.09. The van der Waals surface area contributed by atoms with E-state index in [2.05, 4.69) is 168 Å². The molecule has 55 heavy (non-hydrogen) atoms. The topological polar surface area (TPSA) is 17.1 Å². The molecule has 0 saturated heterocycles.